The molecular formula is C14H26N2S. The zero-order valence-corrected chi connectivity index (χ0v) is 11.9. The quantitative estimate of drug-likeness (QED) is 0.710. The first kappa shape index (κ1) is 12.3. The molecule has 0 amide bonds. The van der Waals surface area contributed by atoms with Crippen molar-refractivity contribution in [2.45, 2.75) is 57.2 Å². The van der Waals surface area contributed by atoms with Gasteiger partial charge in [0.15, 0.2) is 0 Å². The highest BCUT2D eigenvalue weighted by molar-refractivity contribution is 7.99. The van der Waals surface area contributed by atoms with Crippen molar-refractivity contribution in [1.82, 2.24) is 9.80 Å². The van der Waals surface area contributed by atoms with Gasteiger partial charge in [0, 0.05) is 37.0 Å². The molecule has 3 saturated heterocycles. The van der Waals surface area contributed by atoms with Crippen molar-refractivity contribution in [2.24, 2.45) is 0 Å². The standard InChI is InChI=1S/C14H26N2S/c1-12-9-15-7-3-2-5-13(15)10-16(12)14-6-4-8-17-11-14/h12-14H,2-11H2,1H3. The minimum atomic E-state index is 0.785. The van der Waals surface area contributed by atoms with Crippen LogP contribution in [0.15, 0.2) is 0 Å². The zero-order valence-electron chi connectivity index (χ0n) is 11.1. The highest BCUT2D eigenvalue weighted by Crippen LogP contribution is 2.29. The van der Waals surface area contributed by atoms with E-state index in [0.717, 1.165) is 18.1 Å². The Morgan fingerprint density at radius 3 is 2.71 bits per heavy atom. The fourth-order valence-electron chi connectivity index (χ4n) is 3.87. The Morgan fingerprint density at radius 2 is 1.88 bits per heavy atom. The van der Waals surface area contributed by atoms with Crippen molar-refractivity contribution in [3.05, 3.63) is 0 Å². The average molecular weight is 254 g/mol. The molecule has 0 aromatic rings. The summed E-state index contributed by atoms with van der Waals surface area (Å²) in [6, 6.07) is 2.55. The molecule has 3 heterocycles. The van der Waals surface area contributed by atoms with Gasteiger partial charge in [0.05, 0.1) is 0 Å². The number of fused-ring (bicyclic) bond motifs is 1. The number of hydrogen-bond acceptors (Lipinski definition) is 3. The number of piperidine rings is 1. The molecule has 0 saturated carbocycles. The largest absolute Gasteiger partial charge is 0.298 e. The Labute approximate surface area is 110 Å². The van der Waals surface area contributed by atoms with Gasteiger partial charge in [0.1, 0.15) is 0 Å². The van der Waals surface area contributed by atoms with Gasteiger partial charge in [-0.2, -0.15) is 11.8 Å². The maximum absolute atomic E-state index is 2.85. The Morgan fingerprint density at radius 1 is 1.00 bits per heavy atom. The van der Waals surface area contributed by atoms with E-state index in [2.05, 4.69) is 28.5 Å². The molecule has 3 unspecified atom stereocenters. The summed E-state index contributed by atoms with van der Waals surface area (Å²) in [6.45, 7) is 6.49. The Balaban J connectivity index is 1.64. The molecule has 3 fully saturated rings. The van der Waals surface area contributed by atoms with Crippen LogP contribution < -0.4 is 0 Å². The first-order chi connectivity index (χ1) is 8.34. The van der Waals surface area contributed by atoms with E-state index in [-0.39, 0.29) is 0 Å². The van der Waals surface area contributed by atoms with Gasteiger partial charge in [-0.05, 0) is 44.9 Å². The van der Waals surface area contributed by atoms with Crippen molar-refractivity contribution in [3.8, 4) is 0 Å². The molecule has 3 atom stereocenters. The summed E-state index contributed by atoms with van der Waals surface area (Å²) in [6.07, 6.45) is 7.23. The van der Waals surface area contributed by atoms with E-state index in [4.69, 9.17) is 0 Å². The number of hydrogen-bond donors (Lipinski definition) is 0. The van der Waals surface area contributed by atoms with Crippen LogP contribution in [0.2, 0.25) is 0 Å². The van der Waals surface area contributed by atoms with Gasteiger partial charge in [-0.3, -0.25) is 9.80 Å². The summed E-state index contributed by atoms with van der Waals surface area (Å²) < 4.78 is 0. The number of piperazine rings is 1. The van der Waals surface area contributed by atoms with E-state index in [0.29, 0.717) is 0 Å². The van der Waals surface area contributed by atoms with Gasteiger partial charge < -0.3 is 0 Å². The third-order valence-electron chi connectivity index (χ3n) is 4.84. The second-order valence-electron chi connectivity index (χ2n) is 6.06. The second-order valence-corrected chi connectivity index (χ2v) is 7.21. The molecule has 3 heteroatoms. The molecule has 0 spiro atoms. The first-order valence-corrected chi connectivity index (χ1v) is 8.57. The van der Waals surface area contributed by atoms with Crippen molar-refractivity contribution >= 4 is 11.8 Å². The molecule has 0 N–H and O–H groups in total. The van der Waals surface area contributed by atoms with Gasteiger partial charge in [0.25, 0.3) is 0 Å². The van der Waals surface area contributed by atoms with Gasteiger partial charge >= 0.3 is 0 Å². The molecule has 17 heavy (non-hydrogen) atoms. The van der Waals surface area contributed by atoms with E-state index < -0.39 is 0 Å². The monoisotopic (exact) mass is 254 g/mol. The van der Waals surface area contributed by atoms with Crippen LogP contribution in [0, 0.1) is 0 Å². The van der Waals surface area contributed by atoms with Gasteiger partial charge in [-0.25, -0.2) is 0 Å². The minimum absolute atomic E-state index is 0.785. The topological polar surface area (TPSA) is 6.48 Å². The lowest BCUT2D eigenvalue weighted by molar-refractivity contribution is -0.00518. The maximum Gasteiger partial charge on any atom is 0.0224 e. The Hall–Kier alpha value is 0.270. The Kier molecular flexibility index (Phi) is 3.98. The average Bonchev–Trinajstić information content (AvgIpc) is 2.39. The van der Waals surface area contributed by atoms with Crippen LogP contribution in [0.1, 0.15) is 39.0 Å². The zero-order chi connectivity index (χ0) is 11.7. The molecule has 0 radical (unpaired) electrons. The fourth-order valence-corrected chi connectivity index (χ4v) is 5.04. The van der Waals surface area contributed by atoms with Crippen LogP contribution in [0.4, 0.5) is 0 Å². The van der Waals surface area contributed by atoms with Crippen molar-refractivity contribution in [2.75, 3.05) is 31.1 Å². The molecule has 3 aliphatic rings. The summed E-state index contributed by atoms with van der Waals surface area (Å²) in [7, 11) is 0. The third kappa shape index (κ3) is 2.66. The molecular weight excluding hydrogens is 228 g/mol. The van der Waals surface area contributed by atoms with Crippen LogP contribution in [0.5, 0.6) is 0 Å². The molecule has 0 aliphatic carbocycles. The van der Waals surface area contributed by atoms with E-state index in [1.54, 1.807) is 0 Å². The normalized spacial score (nSPS) is 41.1. The maximum atomic E-state index is 2.85. The van der Waals surface area contributed by atoms with E-state index >= 15 is 0 Å². The van der Waals surface area contributed by atoms with E-state index in [1.165, 1.54) is 63.2 Å². The molecule has 2 nitrogen and oxygen atoms in total. The van der Waals surface area contributed by atoms with Crippen LogP contribution in [0.3, 0.4) is 0 Å². The Bertz CT molecular complexity index is 253. The summed E-state index contributed by atoms with van der Waals surface area (Å²) in [5.74, 6) is 2.78. The summed E-state index contributed by atoms with van der Waals surface area (Å²) in [4.78, 5) is 5.61. The van der Waals surface area contributed by atoms with Crippen LogP contribution >= 0.6 is 11.8 Å². The van der Waals surface area contributed by atoms with Crippen molar-refractivity contribution in [3.63, 3.8) is 0 Å². The second kappa shape index (κ2) is 5.50. The molecule has 3 rings (SSSR count). The predicted octanol–water partition coefficient (Wildman–Crippen LogP) is 2.44. The number of rotatable bonds is 1. The summed E-state index contributed by atoms with van der Waals surface area (Å²) in [5, 5.41) is 0. The number of nitrogens with zero attached hydrogens (tertiary/aromatic N) is 2. The third-order valence-corrected chi connectivity index (χ3v) is 6.04. The minimum Gasteiger partial charge on any atom is -0.298 e. The molecule has 3 aliphatic heterocycles. The predicted molar refractivity (Wildman–Crippen MR) is 75.7 cm³/mol. The lowest BCUT2D eigenvalue weighted by Crippen LogP contribution is -2.61. The SMILES string of the molecule is CC1CN2CCCCC2CN1C1CCCSC1. The lowest BCUT2D eigenvalue weighted by atomic mass is 9.95. The van der Waals surface area contributed by atoms with Crippen molar-refractivity contribution in [1.29, 1.82) is 0 Å². The van der Waals surface area contributed by atoms with E-state index in [1.807, 2.05) is 0 Å². The highest BCUT2D eigenvalue weighted by Gasteiger charge is 2.36. The van der Waals surface area contributed by atoms with Crippen LogP contribution in [-0.4, -0.2) is 59.1 Å². The smallest absolute Gasteiger partial charge is 0.0224 e. The van der Waals surface area contributed by atoms with Crippen molar-refractivity contribution < 1.29 is 0 Å². The van der Waals surface area contributed by atoms with Crippen LogP contribution in [-0.2, 0) is 0 Å². The first-order valence-electron chi connectivity index (χ1n) is 7.42. The van der Waals surface area contributed by atoms with Gasteiger partial charge in [-0.15, -0.1) is 0 Å². The molecule has 0 aromatic heterocycles. The van der Waals surface area contributed by atoms with Gasteiger partial charge in [-0.1, -0.05) is 6.42 Å². The summed E-state index contributed by atoms with van der Waals surface area (Å²) in [5.41, 5.74) is 0. The lowest BCUT2D eigenvalue weighted by Gasteiger charge is -2.50. The number of thioether (sulfide) groups is 1. The molecule has 98 valence electrons. The van der Waals surface area contributed by atoms with Gasteiger partial charge in [0.2, 0.25) is 0 Å². The highest BCUT2D eigenvalue weighted by atomic mass is 32.2. The fraction of sp³-hybridized carbons (Fsp3) is 1.00. The van der Waals surface area contributed by atoms with E-state index in [9.17, 15) is 0 Å². The molecule has 0 bridgehead atoms. The summed E-state index contributed by atoms with van der Waals surface area (Å²) >= 11 is 2.17. The van der Waals surface area contributed by atoms with Crippen LogP contribution in [0.25, 0.3) is 0 Å². The molecule has 0 aromatic carbocycles.